The van der Waals surface area contributed by atoms with Crippen LogP contribution in [0, 0.1) is 0 Å². The molecule has 1 aliphatic heterocycles. The summed E-state index contributed by atoms with van der Waals surface area (Å²) in [6, 6.07) is 12.9. The van der Waals surface area contributed by atoms with Crippen molar-refractivity contribution < 1.29 is 13.5 Å². The fourth-order valence-electron chi connectivity index (χ4n) is 1.92. The SMILES string of the molecule is O=S1(=O)NC(O)=CN1c1ccc2ccccc2c1. The van der Waals surface area contributed by atoms with E-state index in [-0.39, 0.29) is 5.88 Å². The van der Waals surface area contributed by atoms with Crippen molar-refractivity contribution >= 4 is 26.7 Å². The monoisotopic (exact) mass is 262 g/mol. The Labute approximate surface area is 104 Å². The summed E-state index contributed by atoms with van der Waals surface area (Å²) in [7, 11) is -3.72. The van der Waals surface area contributed by atoms with Crippen LogP contribution in [0.5, 0.6) is 0 Å². The van der Waals surface area contributed by atoms with E-state index in [1.165, 1.54) is 0 Å². The molecular formula is C12H10N2O3S. The number of fused-ring (bicyclic) bond motifs is 1. The van der Waals surface area contributed by atoms with Gasteiger partial charge >= 0.3 is 10.2 Å². The van der Waals surface area contributed by atoms with Crippen molar-refractivity contribution in [3.63, 3.8) is 0 Å². The minimum Gasteiger partial charge on any atom is -0.493 e. The maximum Gasteiger partial charge on any atom is 0.330 e. The molecule has 0 bridgehead atoms. The van der Waals surface area contributed by atoms with Crippen LogP contribution in [0.25, 0.3) is 10.8 Å². The smallest absolute Gasteiger partial charge is 0.330 e. The average molecular weight is 262 g/mol. The van der Waals surface area contributed by atoms with Crippen LogP contribution in [0.2, 0.25) is 0 Å². The summed E-state index contributed by atoms with van der Waals surface area (Å²) in [6.07, 6.45) is 1.14. The fraction of sp³-hybridized carbons (Fsp3) is 0. The lowest BCUT2D eigenvalue weighted by atomic mass is 10.1. The first kappa shape index (κ1) is 10.9. The molecule has 0 amide bonds. The zero-order valence-electron chi connectivity index (χ0n) is 9.24. The van der Waals surface area contributed by atoms with Crippen LogP contribution in [-0.4, -0.2) is 13.5 Å². The molecule has 0 radical (unpaired) electrons. The highest BCUT2D eigenvalue weighted by Crippen LogP contribution is 2.26. The van der Waals surface area contributed by atoms with Crippen molar-refractivity contribution in [3.05, 3.63) is 54.5 Å². The molecule has 1 aliphatic rings. The predicted octanol–water partition coefficient (Wildman–Crippen LogP) is 1.85. The van der Waals surface area contributed by atoms with Crippen LogP contribution in [0.3, 0.4) is 0 Å². The van der Waals surface area contributed by atoms with Gasteiger partial charge in [0.15, 0.2) is 0 Å². The highest BCUT2D eigenvalue weighted by molar-refractivity contribution is 7.91. The standard InChI is InChI=1S/C12H10N2O3S/c15-12-8-14(18(16,17)13-12)11-6-5-9-3-1-2-4-10(9)7-11/h1-8,13,15H. The van der Waals surface area contributed by atoms with Gasteiger partial charge < -0.3 is 5.11 Å². The molecule has 18 heavy (non-hydrogen) atoms. The van der Waals surface area contributed by atoms with Gasteiger partial charge in [0.05, 0.1) is 11.9 Å². The van der Waals surface area contributed by atoms with Crippen LogP contribution in [-0.2, 0) is 10.2 Å². The van der Waals surface area contributed by atoms with Crippen molar-refractivity contribution in [2.45, 2.75) is 0 Å². The number of hydrogen-bond donors (Lipinski definition) is 2. The lowest BCUT2D eigenvalue weighted by Crippen LogP contribution is -2.29. The molecule has 0 aromatic heterocycles. The molecule has 0 saturated carbocycles. The van der Waals surface area contributed by atoms with E-state index in [9.17, 15) is 13.5 Å². The molecule has 2 aromatic carbocycles. The minimum atomic E-state index is -3.72. The number of anilines is 1. The van der Waals surface area contributed by atoms with Gasteiger partial charge in [0.2, 0.25) is 5.88 Å². The molecule has 0 atom stereocenters. The van der Waals surface area contributed by atoms with Gasteiger partial charge in [-0.3, -0.25) is 0 Å². The second-order valence-corrected chi connectivity index (χ2v) is 5.50. The molecule has 0 fully saturated rings. The van der Waals surface area contributed by atoms with Gasteiger partial charge in [-0.1, -0.05) is 30.3 Å². The summed E-state index contributed by atoms with van der Waals surface area (Å²) in [5.74, 6) is -0.386. The number of rotatable bonds is 1. The number of benzene rings is 2. The van der Waals surface area contributed by atoms with E-state index < -0.39 is 10.2 Å². The van der Waals surface area contributed by atoms with Gasteiger partial charge in [-0.2, -0.15) is 8.42 Å². The van der Waals surface area contributed by atoms with E-state index in [1.54, 1.807) is 12.1 Å². The Morgan fingerprint density at radius 3 is 2.44 bits per heavy atom. The predicted molar refractivity (Wildman–Crippen MR) is 69.2 cm³/mol. The molecule has 0 aliphatic carbocycles. The number of aliphatic hydroxyl groups excluding tert-OH is 1. The molecule has 2 N–H and O–H groups in total. The second-order valence-electron chi connectivity index (χ2n) is 3.95. The summed E-state index contributed by atoms with van der Waals surface area (Å²) >= 11 is 0. The van der Waals surface area contributed by atoms with Crippen LogP contribution >= 0.6 is 0 Å². The Kier molecular flexibility index (Phi) is 2.21. The summed E-state index contributed by atoms with van der Waals surface area (Å²) in [4.78, 5) is 0. The van der Waals surface area contributed by atoms with Crippen LogP contribution in [0.1, 0.15) is 0 Å². The highest BCUT2D eigenvalue weighted by atomic mass is 32.2. The van der Waals surface area contributed by atoms with Crippen molar-refractivity contribution in [2.24, 2.45) is 0 Å². The van der Waals surface area contributed by atoms with Crippen LogP contribution in [0.4, 0.5) is 5.69 Å². The molecular weight excluding hydrogens is 252 g/mol. The van der Waals surface area contributed by atoms with Crippen LogP contribution in [0.15, 0.2) is 54.5 Å². The topological polar surface area (TPSA) is 69.6 Å². The number of aliphatic hydroxyl groups is 1. The summed E-state index contributed by atoms with van der Waals surface area (Å²) in [6.45, 7) is 0. The summed E-state index contributed by atoms with van der Waals surface area (Å²) in [5.41, 5.74) is 0.477. The third kappa shape index (κ3) is 1.67. The Bertz CT molecular complexity index is 753. The van der Waals surface area contributed by atoms with Crippen molar-refractivity contribution in [1.82, 2.24) is 4.72 Å². The fourth-order valence-corrected chi connectivity index (χ4v) is 2.96. The summed E-state index contributed by atoms with van der Waals surface area (Å²) in [5, 5.41) is 11.2. The Morgan fingerprint density at radius 2 is 1.78 bits per heavy atom. The zero-order chi connectivity index (χ0) is 12.8. The maximum atomic E-state index is 11.7. The van der Waals surface area contributed by atoms with Crippen molar-refractivity contribution in [1.29, 1.82) is 0 Å². The number of nitrogens with zero attached hydrogens (tertiary/aromatic N) is 1. The Hall–Kier alpha value is -2.21. The van der Waals surface area contributed by atoms with Crippen LogP contribution < -0.4 is 9.03 Å². The van der Waals surface area contributed by atoms with Gasteiger partial charge in [0.1, 0.15) is 0 Å². The minimum absolute atomic E-state index is 0.386. The third-order valence-electron chi connectivity index (χ3n) is 2.72. The zero-order valence-corrected chi connectivity index (χ0v) is 10.1. The van der Waals surface area contributed by atoms with Crippen molar-refractivity contribution in [2.75, 3.05) is 4.31 Å². The molecule has 3 rings (SSSR count). The third-order valence-corrected chi connectivity index (χ3v) is 4.02. The van der Waals surface area contributed by atoms with E-state index in [2.05, 4.69) is 0 Å². The van der Waals surface area contributed by atoms with E-state index in [4.69, 9.17) is 0 Å². The first-order valence-electron chi connectivity index (χ1n) is 5.28. The van der Waals surface area contributed by atoms with E-state index in [1.807, 2.05) is 35.1 Å². The van der Waals surface area contributed by atoms with E-state index >= 15 is 0 Å². The molecule has 5 nitrogen and oxygen atoms in total. The highest BCUT2D eigenvalue weighted by Gasteiger charge is 2.28. The molecule has 92 valence electrons. The quantitative estimate of drug-likeness (QED) is 0.824. The molecule has 0 unspecified atom stereocenters. The first-order chi connectivity index (χ1) is 8.56. The molecule has 6 heteroatoms. The van der Waals surface area contributed by atoms with E-state index in [0.29, 0.717) is 5.69 Å². The first-order valence-corrected chi connectivity index (χ1v) is 6.72. The number of nitrogens with one attached hydrogen (secondary N) is 1. The largest absolute Gasteiger partial charge is 0.493 e. The van der Waals surface area contributed by atoms with Gasteiger partial charge in [-0.25, -0.2) is 9.03 Å². The Balaban J connectivity index is 2.15. The molecule has 0 saturated heterocycles. The lowest BCUT2D eigenvalue weighted by Gasteiger charge is -2.14. The second kappa shape index (κ2) is 3.64. The van der Waals surface area contributed by atoms with Gasteiger partial charge in [0.25, 0.3) is 0 Å². The number of hydrogen-bond acceptors (Lipinski definition) is 3. The maximum absolute atomic E-state index is 11.7. The average Bonchev–Trinajstić information content (AvgIpc) is 2.62. The molecule has 0 spiro atoms. The van der Waals surface area contributed by atoms with Gasteiger partial charge in [-0.05, 0) is 22.9 Å². The van der Waals surface area contributed by atoms with Gasteiger partial charge in [-0.15, -0.1) is 0 Å². The van der Waals surface area contributed by atoms with Gasteiger partial charge in [0, 0.05) is 0 Å². The molecule has 1 heterocycles. The molecule has 2 aromatic rings. The Morgan fingerprint density at radius 1 is 1.06 bits per heavy atom. The van der Waals surface area contributed by atoms with Crippen molar-refractivity contribution in [3.8, 4) is 0 Å². The summed E-state index contributed by atoms with van der Waals surface area (Å²) < 4.78 is 26.4. The lowest BCUT2D eigenvalue weighted by molar-refractivity contribution is 0.392. The normalized spacial score (nSPS) is 17.6. The van der Waals surface area contributed by atoms with E-state index in [0.717, 1.165) is 21.3 Å².